The smallest absolute Gasteiger partial charge is 0.160 e. The van der Waals surface area contributed by atoms with Gasteiger partial charge in [0.1, 0.15) is 0 Å². The van der Waals surface area contributed by atoms with Gasteiger partial charge in [0, 0.05) is 25.3 Å². The molecule has 0 bridgehead atoms. The molecule has 1 N–H and O–H groups in total. The summed E-state index contributed by atoms with van der Waals surface area (Å²) in [6, 6.07) is 3.95. The molecule has 0 unspecified atom stereocenters. The minimum Gasteiger partial charge on any atom is -0.374 e. The lowest BCUT2D eigenvalue weighted by atomic mass is 10.2. The summed E-state index contributed by atoms with van der Waals surface area (Å²) < 4.78 is 25.6. The zero-order valence-electron chi connectivity index (χ0n) is 9.06. The van der Waals surface area contributed by atoms with Gasteiger partial charge in [-0.3, -0.25) is 0 Å². The quantitative estimate of drug-likeness (QED) is 0.754. The molecule has 0 amide bonds. The summed E-state index contributed by atoms with van der Waals surface area (Å²) in [5.74, 6) is -1.60. The van der Waals surface area contributed by atoms with Gasteiger partial charge in [-0.25, -0.2) is 8.78 Å². The van der Waals surface area contributed by atoms with Crippen molar-refractivity contribution in [1.29, 1.82) is 0 Å². The van der Waals surface area contributed by atoms with E-state index in [0.29, 0.717) is 5.69 Å². The summed E-state index contributed by atoms with van der Waals surface area (Å²) in [4.78, 5) is 1.90. The Morgan fingerprint density at radius 3 is 2.60 bits per heavy atom. The Balaban J connectivity index is 2.57. The summed E-state index contributed by atoms with van der Waals surface area (Å²) in [6.07, 6.45) is 0.964. The molecule has 0 heterocycles. The number of hydrogen-bond acceptors (Lipinski definition) is 2. The van der Waals surface area contributed by atoms with Crippen LogP contribution in [0.4, 0.5) is 14.5 Å². The highest BCUT2D eigenvalue weighted by molar-refractivity contribution is 5.45. The Hall–Kier alpha value is -1.16. The highest BCUT2D eigenvalue weighted by atomic mass is 19.2. The van der Waals surface area contributed by atoms with Gasteiger partial charge in [-0.15, -0.1) is 0 Å². The second kappa shape index (κ2) is 5.66. The van der Waals surface area contributed by atoms with Gasteiger partial charge >= 0.3 is 0 Å². The van der Waals surface area contributed by atoms with Gasteiger partial charge in [-0.1, -0.05) is 0 Å². The van der Waals surface area contributed by atoms with E-state index in [1.54, 1.807) is 6.07 Å². The van der Waals surface area contributed by atoms with Crippen LogP contribution < -0.4 is 10.2 Å². The van der Waals surface area contributed by atoms with E-state index in [1.807, 2.05) is 19.0 Å². The molecule has 2 nitrogen and oxygen atoms in total. The Bertz CT molecular complexity index is 315. The SMILES string of the molecule is CNCCCN(C)c1ccc(F)c(F)c1. The average molecular weight is 214 g/mol. The van der Waals surface area contributed by atoms with E-state index >= 15 is 0 Å². The second-order valence-corrected chi connectivity index (χ2v) is 3.48. The minimum absolute atomic E-state index is 0.699. The van der Waals surface area contributed by atoms with E-state index in [-0.39, 0.29) is 0 Å². The second-order valence-electron chi connectivity index (χ2n) is 3.48. The number of nitrogens with zero attached hydrogens (tertiary/aromatic N) is 1. The number of rotatable bonds is 5. The van der Waals surface area contributed by atoms with Crippen molar-refractivity contribution in [3.8, 4) is 0 Å². The summed E-state index contributed by atoms with van der Waals surface area (Å²) in [5.41, 5.74) is 0.699. The molecule has 0 saturated heterocycles. The van der Waals surface area contributed by atoms with E-state index in [1.165, 1.54) is 6.07 Å². The number of benzene rings is 1. The zero-order valence-corrected chi connectivity index (χ0v) is 9.06. The standard InChI is InChI=1S/C11H16F2N2/c1-14-6-3-7-15(2)9-4-5-10(12)11(13)8-9/h4-5,8,14H,3,6-7H2,1-2H3. The van der Waals surface area contributed by atoms with E-state index < -0.39 is 11.6 Å². The van der Waals surface area contributed by atoms with Crippen molar-refractivity contribution in [1.82, 2.24) is 5.32 Å². The molecule has 1 rings (SSSR count). The molecule has 1 aromatic rings. The van der Waals surface area contributed by atoms with Crippen LogP contribution in [0.3, 0.4) is 0 Å². The van der Waals surface area contributed by atoms with E-state index in [0.717, 1.165) is 25.6 Å². The predicted octanol–water partition coefficient (Wildman–Crippen LogP) is 2.01. The third-order valence-corrected chi connectivity index (χ3v) is 2.26. The molecule has 0 aliphatic heterocycles. The molecule has 4 heteroatoms. The van der Waals surface area contributed by atoms with Crippen LogP contribution in [0.15, 0.2) is 18.2 Å². The molecule has 0 aromatic heterocycles. The Kier molecular flexibility index (Phi) is 4.49. The molecule has 0 radical (unpaired) electrons. The van der Waals surface area contributed by atoms with Crippen molar-refractivity contribution in [2.45, 2.75) is 6.42 Å². The molecule has 0 atom stereocenters. The van der Waals surface area contributed by atoms with Crippen LogP contribution in [0.1, 0.15) is 6.42 Å². The van der Waals surface area contributed by atoms with Crippen LogP contribution in [0.25, 0.3) is 0 Å². The van der Waals surface area contributed by atoms with Gasteiger partial charge in [-0.2, -0.15) is 0 Å². The summed E-state index contributed by atoms with van der Waals surface area (Å²) in [7, 11) is 3.75. The lowest BCUT2D eigenvalue weighted by molar-refractivity contribution is 0.508. The lowest BCUT2D eigenvalue weighted by Crippen LogP contribution is -2.22. The number of hydrogen-bond donors (Lipinski definition) is 1. The first-order valence-corrected chi connectivity index (χ1v) is 4.96. The number of halogens is 2. The van der Waals surface area contributed by atoms with Gasteiger partial charge in [0.2, 0.25) is 0 Å². The fraction of sp³-hybridized carbons (Fsp3) is 0.455. The van der Waals surface area contributed by atoms with Gasteiger partial charge in [0.05, 0.1) is 0 Å². The fourth-order valence-electron chi connectivity index (χ4n) is 1.34. The Morgan fingerprint density at radius 2 is 2.00 bits per heavy atom. The minimum atomic E-state index is -0.803. The maximum atomic E-state index is 12.9. The van der Waals surface area contributed by atoms with Crippen molar-refractivity contribution >= 4 is 5.69 Å². The van der Waals surface area contributed by atoms with Crippen LogP contribution in [0.5, 0.6) is 0 Å². The molecular weight excluding hydrogens is 198 g/mol. The fourth-order valence-corrected chi connectivity index (χ4v) is 1.34. The molecule has 0 aliphatic rings. The first kappa shape index (κ1) is 11.9. The third kappa shape index (κ3) is 3.47. The highest BCUT2D eigenvalue weighted by Gasteiger charge is 2.05. The maximum absolute atomic E-state index is 12.9. The van der Waals surface area contributed by atoms with Crippen molar-refractivity contribution < 1.29 is 8.78 Å². The topological polar surface area (TPSA) is 15.3 Å². The summed E-state index contributed by atoms with van der Waals surface area (Å²) in [6.45, 7) is 1.72. The first-order chi connectivity index (χ1) is 7.15. The van der Waals surface area contributed by atoms with Crippen molar-refractivity contribution in [3.05, 3.63) is 29.8 Å². The maximum Gasteiger partial charge on any atom is 0.160 e. The average Bonchev–Trinajstić information content (AvgIpc) is 2.22. The van der Waals surface area contributed by atoms with Crippen LogP contribution >= 0.6 is 0 Å². The van der Waals surface area contributed by atoms with E-state index in [9.17, 15) is 8.78 Å². The zero-order chi connectivity index (χ0) is 11.3. The molecule has 0 spiro atoms. The highest BCUT2D eigenvalue weighted by Crippen LogP contribution is 2.16. The molecule has 0 fully saturated rings. The van der Waals surface area contributed by atoms with Gasteiger partial charge in [-0.05, 0) is 32.1 Å². The monoisotopic (exact) mass is 214 g/mol. The van der Waals surface area contributed by atoms with Crippen LogP contribution in [-0.2, 0) is 0 Å². The Labute approximate surface area is 88.9 Å². The molecule has 1 aromatic carbocycles. The predicted molar refractivity (Wildman–Crippen MR) is 58.2 cm³/mol. The van der Waals surface area contributed by atoms with Gasteiger partial charge < -0.3 is 10.2 Å². The molecule has 15 heavy (non-hydrogen) atoms. The largest absolute Gasteiger partial charge is 0.374 e. The van der Waals surface area contributed by atoms with Gasteiger partial charge in [0.25, 0.3) is 0 Å². The number of nitrogens with one attached hydrogen (secondary N) is 1. The normalized spacial score (nSPS) is 10.4. The van der Waals surface area contributed by atoms with Crippen LogP contribution in [0.2, 0.25) is 0 Å². The van der Waals surface area contributed by atoms with Crippen molar-refractivity contribution in [2.24, 2.45) is 0 Å². The third-order valence-electron chi connectivity index (χ3n) is 2.26. The summed E-state index contributed by atoms with van der Waals surface area (Å²) >= 11 is 0. The first-order valence-electron chi connectivity index (χ1n) is 4.96. The van der Waals surface area contributed by atoms with Crippen molar-refractivity contribution in [3.63, 3.8) is 0 Å². The lowest BCUT2D eigenvalue weighted by Gasteiger charge is -2.19. The molecule has 0 aliphatic carbocycles. The van der Waals surface area contributed by atoms with E-state index in [2.05, 4.69) is 5.32 Å². The van der Waals surface area contributed by atoms with Gasteiger partial charge in [0.15, 0.2) is 11.6 Å². The van der Waals surface area contributed by atoms with Crippen molar-refractivity contribution in [2.75, 3.05) is 32.1 Å². The molecule has 84 valence electrons. The van der Waals surface area contributed by atoms with Crippen LogP contribution in [0, 0.1) is 11.6 Å². The Morgan fingerprint density at radius 1 is 1.27 bits per heavy atom. The van der Waals surface area contributed by atoms with E-state index in [4.69, 9.17) is 0 Å². The van der Waals surface area contributed by atoms with Crippen LogP contribution in [-0.4, -0.2) is 27.2 Å². The summed E-state index contributed by atoms with van der Waals surface area (Å²) in [5, 5.41) is 3.03. The molecular formula is C11H16F2N2. The number of anilines is 1. The molecule has 0 saturated carbocycles.